The highest BCUT2D eigenvalue weighted by atomic mass is 16.5. The lowest BCUT2D eigenvalue weighted by Gasteiger charge is -2.03. The molecule has 0 N–H and O–H groups in total. The van der Waals surface area contributed by atoms with Crippen molar-refractivity contribution in [3.63, 3.8) is 0 Å². The monoisotopic (exact) mass is 285 g/mol. The summed E-state index contributed by atoms with van der Waals surface area (Å²) in [4.78, 5) is 11.7. The van der Waals surface area contributed by atoms with Gasteiger partial charge in [0.15, 0.2) is 11.5 Å². The number of methoxy groups -OCH3 is 1. The summed E-state index contributed by atoms with van der Waals surface area (Å²) in [5.41, 5.74) is 3.03. The Morgan fingerprint density at radius 2 is 1.95 bits per heavy atom. The summed E-state index contributed by atoms with van der Waals surface area (Å²) in [6, 6.07) is 3.40. The molecule has 0 unspecified atom stereocenters. The summed E-state index contributed by atoms with van der Waals surface area (Å²) in [7, 11) is 1.35. The van der Waals surface area contributed by atoms with E-state index in [0.717, 1.165) is 22.6 Å². The number of esters is 1. The van der Waals surface area contributed by atoms with Gasteiger partial charge in [-0.15, -0.1) is 10.2 Å². The first-order valence-electron chi connectivity index (χ1n) is 6.53. The van der Waals surface area contributed by atoms with Gasteiger partial charge in [-0.25, -0.2) is 4.79 Å². The molecule has 0 radical (unpaired) electrons. The van der Waals surface area contributed by atoms with Crippen LogP contribution in [0.25, 0.3) is 17.0 Å². The van der Waals surface area contributed by atoms with Crippen LogP contribution >= 0.6 is 0 Å². The Balaban J connectivity index is 2.26. The predicted molar refractivity (Wildman–Crippen MR) is 76.2 cm³/mol. The number of aromatic nitrogens is 3. The lowest BCUT2D eigenvalue weighted by atomic mass is 10.1. The highest BCUT2D eigenvalue weighted by Crippen LogP contribution is 2.30. The molecule has 0 atom stereocenters. The molecule has 3 aromatic rings. The highest BCUT2D eigenvalue weighted by molar-refractivity contribution is 5.89. The van der Waals surface area contributed by atoms with Gasteiger partial charge in [-0.3, -0.25) is 4.40 Å². The van der Waals surface area contributed by atoms with Crippen LogP contribution in [-0.2, 0) is 4.74 Å². The fourth-order valence-corrected chi connectivity index (χ4v) is 2.42. The number of carbonyl (C=O) groups is 1. The third kappa shape index (κ3) is 1.99. The molecule has 6 heteroatoms. The zero-order chi connectivity index (χ0) is 15.1. The molecule has 3 aromatic heterocycles. The van der Waals surface area contributed by atoms with Crippen LogP contribution in [0, 0.1) is 20.8 Å². The molecule has 3 heterocycles. The topological polar surface area (TPSA) is 69.6 Å². The van der Waals surface area contributed by atoms with E-state index in [-0.39, 0.29) is 0 Å². The first-order valence-corrected chi connectivity index (χ1v) is 6.53. The summed E-state index contributed by atoms with van der Waals surface area (Å²) < 4.78 is 12.2. The molecule has 0 saturated heterocycles. The largest absolute Gasteiger partial charge is 0.466 e. The van der Waals surface area contributed by atoms with Gasteiger partial charge in [-0.05, 0) is 32.9 Å². The van der Waals surface area contributed by atoms with Crippen molar-refractivity contribution < 1.29 is 13.9 Å². The second-order valence-corrected chi connectivity index (χ2v) is 4.88. The number of fused-ring (bicyclic) bond motifs is 1. The second kappa shape index (κ2) is 4.73. The highest BCUT2D eigenvalue weighted by Gasteiger charge is 2.19. The van der Waals surface area contributed by atoms with E-state index in [1.54, 1.807) is 22.7 Å². The predicted octanol–water partition coefficient (Wildman–Crippen LogP) is 2.70. The average molecular weight is 285 g/mol. The minimum atomic E-state index is -0.395. The maximum atomic E-state index is 11.7. The molecule has 0 aliphatic carbocycles. The number of hydrogen-bond donors (Lipinski definition) is 0. The summed E-state index contributed by atoms with van der Waals surface area (Å²) in [6.45, 7) is 5.78. The Morgan fingerprint density at radius 1 is 1.19 bits per heavy atom. The maximum Gasteiger partial charge on any atom is 0.339 e. The molecule has 0 saturated carbocycles. The third-order valence-electron chi connectivity index (χ3n) is 3.61. The van der Waals surface area contributed by atoms with E-state index in [1.165, 1.54) is 7.11 Å². The van der Waals surface area contributed by atoms with Crippen molar-refractivity contribution in [3.05, 3.63) is 41.0 Å². The average Bonchev–Trinajstić information content (AvgIpc) is 2.99. The van der Waals surface area contributed by atoms with Gasteiger partial charge in [0.05, 0.1) is 18.2 Å². The lowest BCUT2D eigenvalue weighted by Crippen LogP contribution is -2.03. The summed E-state index contributed by atoms with van der Waals surface area (Å²) >= 11 is 0. The lowest BCUT2D eigenvalue weighted by molar-refractivity contribution is 0.0600. The number of rotatable bonds is 2. The number of furan rings is 1. The fourth-order valence-electron chi connectivity index (χ4n) is 2.42. The molecule has 0 aromatic carbocycles. The van der Waals surface area contributed by atoms with Crippen molar-refractivity contribution in [2.75, 3.05) is 7.11 Å². The molecule has 0 spiro atoms. The number of ether oxygens (including phenoxy) is 1. The minimum absolute atomic E-state index is 0.395. The zero-order valence-electron chi connectivity index (χ0n) is 12.3. The van der Waals surface area contributed by atoms with Crippen molar-refractivity contribution >= 4 is 11.6 Å². The van der Waals surface area contributed by atoms with E-state index in [2.05, 4.69) is 10.2 Å². The fraction of sp³-hybridized carbons (Fsp3) is 0.267. The van der Waals surface area contributed by atoms with Gasteiger partial charge in [-0.2, -0.15) is 0 Å². The van der Waals surface area contributed by atoms with Crippen LogP contribution in [0.2, 0.25) is 0 Å². The molecular weight excluding hydrogens is 270 g/mol. The SMILES string of the molecule is COC(=O)c1ccc2nnc(-c3c(C)oc(C)c3C)n2c1. The van der Waals surface area contributed by atoms with Crippen molar-refractivity contribution in [2.24, 2.45) is 0 Å². The smallest absolute Gasteiger partial charge is 0.339 e. The van der Waals surface area contributed by atoms with Crippen LogP contribution in [-0.4, -0.2) is 27.7 Å². The normalized spacial score (nSPS) is 11.0. The molecule has 0 aliphatic rings. The van der Waals surface area contributed by atoms with Gasteiger partial charge in [0.1, 0.15) is 11.5 Å². The molecule has 0 aliphatic heterocycles. The Labute approximate surface area is 121 Å². The van der Waals surface area contributed by atoms with E-state index in [4.69, 9.17) is 9.15 Å². The van der Waals surface area contributed by atoms with E-state index in [0.29, 0.717) is 17.0 Å². The van der Waals surface area contributed by atoms with Crippen molar-refractivity contribution in [1.29, 1.82) is 0 Å². The number of carbonyl (C=O) groups excluding carboxylic acids is 1. The Kier molecular flexibility index (Phi) is 3.01. The van der Waals surface area contributed by atoms with E-state index >= 15 is 0 Å². The molecule has 0 bridgehead atoms. The van der Waals surface area contributed by atoms with Gasteiger partial charge in [0.25, 0.3) is 0 Å². The van der Waals surface area contributed by atoms with Crippen molar-refractivity contribution in [3.8, 4) is 11.4 Å². The van der Waals surface area contributed by atoms with Crippen LogP contribution in [0.15, 0.2) is 22.7 Å². The third-order valence-corrected chi connectivity index (χ3v) is 3.61. The number of pyridine rings is 1. The van der Waals surface area contributed by atoms with Crippen molar-refractivity contribution in [2.45, 2.75) is 20.8 Å². The molecule has 0 fully saturated rings. The summed E-state index contributed by atoms with van der Waals surface area (Å²) in [5.74, 6) is 1.89. The van der Waals surface area contributed by atoms with Gasteiger partial charge < -0.3 is 9.15 Å². The Morgan fingerprint density at radius 3 is 2.57 bits per heavy atom. The van der Waals surface area contributed by atoms with Gasteiger partial charge in [0.2, 0.25) is 0 Å². The number of nitrogens with zero attached hydrogens (tertiary/aromatic N) is 3. The first-order chi connectivity index (χ1) is 10.0. The second-order valence-electron chi connectivity index (χ2n) is 4.88. The molecular formula is C15H15N3O3. The van der Waals surface area contributed by atoms with Crippen LogP contribution in [0.3, 0.4) is 0 Å². The maximum absolute atomic E-state index is 11.7. The van der Waals surface area contributed by atoms with Crippen LogP contribution in [0.1, 0.15) is 27.4 Å². The van der Waals surface area contributed by atoms with Crippen LogP contribution in [0.5, 0.6) is 0 Å². The van der Waals surface area contributed by atoms with E-state index in [1.807, 2.05) is 20.8 Å². The standard InChI is InChI=1S/C15H15N3O3/c1-8-9(2)21-10(3)13(8)14-17-16-12-6-5-11(7-18(12)14)15(19)20-4/h5-7H,1-4H3. The van der Waals surface area contributed by atoms with Gasteiger partial charge >= 0.3 is 5.97 Å². The number of aryl methyl sites for hydroxylation is 2. The Hall–Kier alpha value is -2.63. The van der Waals surface area contributed by atoms with Gasteiger partial charge in [-0.1, -0.05) is 0 Å². The molecule has 3 rings (SSSR count). The molecule has 108 valence electrons. The van der Waals surface area contributed by atoms with Crippen LogP contribution in [0.4, 0.5) is 0 Å². The number of hydrogen-bond acceptors (Lipinski definition) is 5. The van der Waals surface area contributed by atoms with Gasteiger partial charge in [0, 0.05) is 11.8 Å². The molecule has 6 nitrogen and oxygen atoms in total. The zero-order valence-corrected chi connectivity index (χ0v) is 12.3. The van der Waals surface area contributed by atoms with Crippen molar-refractivity contribution in [1.82, 2.24) is 14.6 Å². The Bertz CT molecular complexity index is 845. The van der Waals surface area contributed by atoms with E-state index in [9.17, 15) is 4.79 Å². The quantitative estimate of drug-likeness (QED) is 0.677. The van der Waals surface area contributed by atoms with Crippen LogP contribution < -0.4 is 0 Å². The summed E-state index contributed by atoms with van der Waals surface area (Å²) in [6.07, 6.45) is 1.68. The summed E-state index contributed by atoms with van der Waals surface area (Å²) in [5, 5.41) is 8.36. The first kappa shape index (κ1) is 13.4. The molecule has 21 heavy (non-hydrogen) atoms. The molecule has 0 amide bonds. The van der Waals surface area contributed by atoms with E-state index < -0.39 is 5.97 Å². The minimum Gasteiger partial charge on any atom is -0.466 e.